The maximum absolute atomic E-state index is 11.7. The van der Waals surface area contributed by atoms with Gasteiger partial charge in [-0.3, -0.25) is 4.57 Å². The predicted octanol–water partition coefficient (Wildman–Crippen LogP) is 1.18. The van der Waals surface area contributed by atoms with Crippen LogP contribution in [0.1, 0.15) is 0 Å². The van der Waals surface area contributed by atoms with Gasteiger partial charge in [0.1, 0.15) is 0 Å². The molecule has 78 valence electrons. The van der Waals surface area contributed by atoms with Crippen molar-refractivity contribution in [2.45, 2.75) is 0 Å². The van der Waals surface area contributed by atoms with Crippen LogP contribution in [0.5, 0.6) is 0 Å². The topological polar surface area (TPSA) is 43.8 Å². The molecule has 4 nitrogen and oxygen atoms in total. The summed E-state index contributed by atoms with van der Waals surface area (Å²) in [7, 11) is -3.30. The van der Waals surface area contributed by atoms with Crippen LogP contribution in [0.2, 0.25) is 0 Å². The van der Waals surface area contributed by atoms with E-state index in [1.54, 1.807) is 0 Å². The summed E-state index contributed by atoms with van der Waals surface area (Å²) in [5.41, 5.74) is 0. The molecule has 0 unspecified atom stereocenters. The quantitative estimate of drug-likeness (QED) is 0.598. The molecule has 0 atom stereocenters. The number of hydrogen-bond donors (Lipinski definition) is 1. The maximum atomic E-state index is 11.7. The van der Waals surface area contributed by atoms with Crippen molar-refractivity contribution in [1.82, 2.24) is 9.34 Å². The average molecular weight is 247 g/mol. The van der Waals surface area contributed by atoms with Gasteiger partial charge in [0, 0.05) is 37.9 Å². The highest BCUT2D eigenvalue weighted by molar-refractivity contribution is 7.53. The first-order valence-corrected chi connectivity index (χ1v) is 6.72. The van der Waals surface area contributed by atoms with Crippen LogP contribution in [0, 0.1) is 0 Å². The summed E-state index contributed by atoms with van der Waals surface area (Å²) in [5.74, 6) is 0.749. The molecular formula is C6H13Cl2N2O2P. The Morgan fingerprint density at radius 1 is 1.15 bits per heavy atom. The van der Waals surface area contributed by atoms with E-state index in [1.165, 1.54) is 9.34 Å². The van der Waals surface area contributed by atoms with Gasteiger partial charge < -0.3 is 4.89 Å². The lowest BCUT2D eigenvalue weighted by Crippen LogP contribution is -2.22. The molecule has 0 saturated carbocycles. The van der Waals surface area contributed by atoms with Crippen LogP contribution in [-0.4, -0.2) is 52.2 Å². The van der Waals surface area contributed by atoms with Crippen molar-refractivity contribution < 1.29 is 9.46 Å². The number of nitrogens with zero attached hydrogens (tertiary/aromatic N) is 2. The number of halogens is 2. The Bertz CT molecular complexity index is 199. The Hall–Kier alpha value is 0.690. The van der Waals surface area contributed by atoms with Gasteiger partial charge in [0.05, 0.1) is 0 Å². The van der Waals surface area contributed by atoms with Gasteiger partial charge in [0.15, 0.2) is 0 Å². The molecule has 1 rings (SSSR count). The summed E-state index contributed by atoms with van der Waals surface area (Å²) in [4.78, 5) is 9.67. The fourth-order valence-electron chi connectivity index (χ4n) is 1.35. The van der Waals surface area contributed by atoms with E-state index >= 15 is 0 Å². The molecule has 1 fully saturated rings. The fraction of sp³-hybridized carbons (Fsp3) is 1.00. The van der Waals surface area contributed by atoms with Gasteiger partial charge in [-0.15, -0.1) is 23.2 Å². The highest BCUT2D eigenvalue weighted by Gasteiger charge is 2.40. The van der Waals surface area contributed by atoms with Gasteiger partial charge in [0.25, 0.3) is 0 Å². The second kappa shape index (κ2) is 4.96. The highest BCUT2D eigenvalue weighted by atomic mass is 35.5. The van der Waals surface area contributed by atoms with E-state index in [1.807, 2.05) is 0 Å². The first-order chi connectivity index (χ1) is 6.12. The zero-order valence-electron chi connectivity index (χ0n) is 7.20. The molecule has 0 radical (unpaired) electrons. The summed E-state index contributed by atoms with van der Waals surface area (Å²) < 4.78 is 14.8. The van der Waals surface area contributed by atoms with Crippen LogP contribution in [0.4, 0.5) is 0 Å². The second-order valence-electron chi connectivity index (χ2n) is 2.80. The Kier molecular flexibility index (Phi) is 4.49. The van der Waals surface area contributed by atoms with Gasteiger partial charge in [-0.2, -0.15) is 0 Å². The zero-order chi connectivity index (χ0) is 9.90. The summed E-state index contributed by atoms with van der Waals surface area (Å²) in [6.07, 6.45) is 0. The van der Waals surface area contributed by atoms with Gasteiger partial charge in [-0.1, -0.05) is 0 Å². The minimum atomic E-state index is -3.30. The minimum absolute atomic E-state index is 0.374. The molecule has 13 heavy (non-hydrogen) atoms. The van der Waals surface area contributed by atoms with Crippen molar-refractivity contribution >= 4 is 30.9 Å². The van der Waals surface area contributed by atoms with E-state index in [0.717, 1.165) is 0 Å². The van der Waals surface area contributed by atoms with Crippen molar-refractivity contribution in [3.05, 3.63) is 0 Å². The minimum Gasteiger partial charge on any atom is -0.322 e. The lowest BCUT2D eigenvalue weighted by atomic mass is 10.5. The van der Waals surface area contributed by atoms with Crippen molar-refractivity contribution in [2.24, 2.45) is 0 Å². The summed E-state index contributed by atoms with van der Waals surface area (Å²) in [6, 6.07) is 0. The largest absolute Gasteiger partial charge is 0.343 e. The molecular weight excluding hydrogens is 234 g/mol. The van der Waals surface area contributed by atoms with Gasteiger partial charge in [-0.25, -0.2) is 9.34 Å². The molecule has 0 aromatic heterocycles. The fourth-order valence-corrected chi connectivity index (χ4v) is 3.77. The summed E-state index contributed by atoms with van der Waals surface area (Å²) in [5, 5.41) is 0. The summed E-state index contributed by atoms with van der Waals surface area (Å²) in [6.45, 7) is 2.09. The predicted molar refractivity (Wildman–Crippen MR) is 54.4 cm³/mol. The Morgan fingerprint density at radius 2 is 1.54 bits per heavy atom. The van der Waals surface area contributed by atoms with Crippen molar-refractivity contribution in [3.63, 3.8) is 0 Å². The molecule has 7 heteroatoms. The van der Waals surface area contributed by atoms with Crippen LogP contribution < -0.4 is 0 Å². The molecule has 0 spiro atoms. The maximum Gasteiger partial charge on any atom is 0.343 e. The first kappa shape index (κ1) is 11.8. The van der Waals surface area contributed by atoms with Gasteiger partial charge in [0.2, 0.25) is 0 Å². The zero-order valence-corrected chi connectivity index (χ0v) is 9.60. The molecule has 1 N–H and O–H groups in total. The van der Waals surface area contributed by atoms with E-state index in [4.69, 9.17) is 23.2 Å². The Labute approximate surface area is 88.0 Å². The van der Waals surface area contributed by atoms with Crippen LogP contribution >= 0.6 is 30.9 Å². The van der Waals surface area contributed by atoms with E-state index in [2.05, 4.69) is 0 Å². The third-order valence-corrected chi connectivity index (χ3v) is 4.65. The normalized spacial score (nSPS) is 23.9. The molecule has 0 amide bonds. The average Bonchev–Trinajstić information content (AvgIpc) is 2.33. The molecule has 1 heterocycles. The molecule has 1 aliphatic heterocycles. The number of alkyl halides is 2. The third-order valence-electron chi connectivity index (χ3n) is 2.04. The first-order valence-electron chi connectivity index (χ1n) is 4.08. The van der Waals surface area contributed by atoms with Gasteiger partial charge in [-0.05, 0) is 0 Å². The number of hydrogen-bond acceptors (Lipinski definition) is 1. The third kappa shape index (κ3) is 2.58. The van der Waals surface area contributed by atoms with Crippen LogP contribution in [0.3, 0.4) is 0 Å². The monoisotopic (exact) mass is 246 g/mol. The van der Waals surface area contributed by atoms with Crippen LogP contribution in [-0.2, 0) is 4.57 Å². The summed E-state index contributed by atoms with van der Waals surface area (Å²) >= 11 is 11.0. The number of rotatable bonds is 4. The van der Waals surface area contributed by atoms with Crippen LogP contribution in [0.15, 0.2) is 0 Å². The van der Waals surface area contributed by atoms with E-state index in [9.17, 15) is 9.46 Å². The molecule has 0 aliphatic carbocycles. The Morgan fingerprint density at radius 3 is 1.85 bits per heavy atom. The molecule has 0 aromatic carbocycles. The van der Waals surface area contributed by atoms with Gasteiger partial charge >= 0.3 is 7.67 Å². The highest BCUT2D eigenvalue weighted by Crippen LogP contribution is 2.52. The van der Waals surface area contributed by atoms with Crippen molar-refractivity contribution in [1.29, 1.82) is 0 Å². The molecule has 1 aliphatic rings. The van der Waals surface area contributed by atoms with E-state index in [0.29, 0.717) is 37.9 Å². The van der Waals surface area contributed by atoms with E-state index < -0.39 is 7.67 Å². The molecule has 0 bridgehead atoms. The van der Waals surface area contributed by atoms with Crippen LogP contribution in [0.25, 0.3) is 0 Å². The lowest BCUT2D eigenvalue weighted by molar-refractivity contribution is 0.354. The van der Waals surface area contributed by atoms with Crippen molar-refractivity contribution in [3.8, 4) is 0 Å². The molecule has 1 saturated heterocycles. The lowest BCUT2D eigenvalue weighted by Gasteiger charge is -2.23. The van der Waals surface area contributed by atoms with E-state index in [-0.39, 0.29) is 0 Å². The SMILES string of the molecule is O=P1(O)N(CCCl)CCN1CCCl. The second-order valence-corrected chi connectivity index (χ2v) is 5.71. The smallest absolute Gasteiger partial charge is 0.322 e. The Balaban J connectivity index is 2.59. The molecule has 0 aromatic rings. The van der Waals surface area contributed by atoms with Crippen molar-refractivity contribution in [2.75, 3.05) is 37.9 Å². The standard InChI is InChI=1S/C6H13Cl2N2O2P/c7-1-3-9-5-6-10(4-2-8)13(9,11)12/h1-6H2,(H,11,12).